The topological polar surface area (TPSA) is 102 Å². The zero-order valence-corrected chi connectivity index (χ0v) is 14.1. The van der Waals surface area contributed by atoms with Crippen LogP contribution in [0.2, 0.25) is 0 Å². The van der Waals surface area contributed by atoms with Gasteiger partial charge in [0.15, 0.2) is 5.82 Å². The van der Waals surface area contributed by atoms with E-state index in [0.717, 1.165) is 17.0 Å². The van der Waals surface area contributed by atoms with E-state index in [4.69, 9.17) is 10.5 Å². The molecule has 4 N–H and O–H groups in total. The second-order valence-corrected chi connectivity index (χ2v) is 6.35. The van der Waals surface area contributed by atoms with Gasteiger partial charge in [-0.1, -0.05) is 11.3 Å². The van der Waals surface area contributed by atoms with Crippen LogP contribution in [0.5, 0.6) is 0 Å². The van der Waals surface area contributed by atoms with Crippen LogP contribution < -0.4 is 26.2 Å². The molecule has 0 atom stereocenters. The molecule has 9 heteroatoms. The minimum Gasteiger partial charge on any atom is -0.387 e. The van der Waals surface area contributed by atoms with Gasteiger partial charge in [0.2, 0.25) is 5.91 Å². The van der Waals surface area contributed by atoms with Crippen molar-refractivity contribution in [3.8, 4) is 0 Å². The van der Waals surface area contributed by atoms with Crippen LogP contribution in [-0.2, 0) is 9.53 Å². The van der Waals surface area contributed by atoms with E-state index in [0.29, 0.717) is 42.8 Å². The number of carbonyl (C=O) groups is 1. The molecule has 0 aliphatic carbocycles. The van der Waals surface area contributed by atoms with Crippen molar-refractivity contribution >= 4 is 39.4 Å². The number of carbonyl (C=O) groups excluding carboxylic acids is 1. The highest BCUT2D eigenvalue weighted by molar-refractivity contribution is 7.14. The number of nitrogens with zero attached hydrogens (tertiary/aromatic N) is 2. The quantitative estimate of drug-likeness (QED) is 0.766. The summed E-state index contributed by atoms with van der Waals surface area (Å²) in [6.45, 7) is 4.03. The average Bonchev–Trinajstić information content (AvgIpc) is 2.83. The molecule has 2 heterocycles. The number of benzene rings is 1. The van der Waals surface area contributed by atoms with Crippen LogP contribution in [0.3, 0.4) is 0 Å². The molecular formula is C15H19N5O3S. The molecule has 0 bridgehead atoms. The van der Waals surface area contributed by atoms with Gasteiger partial charge >= 0.3 is 4.87 Å². The summed E-state index contributed by atoms with van der Waals surface area (Å²) in [5, 5.41) is 3.18. The van der Waals surface area contributed by atoms with Crippen LogP contribution >= 0.6 is 11.3 Å². The Morgan fingerprint density at radius 3 is 2.46 bits per heavy atom. The number of amides is 1. The van der Waals surface area contributed by atoms with Crippen LogP contribution in [0.1, 0.15) is 6.92 Å². The lowest BCUT2D eigenvalue weighted by Gasteiger charge is -2.29. The Morgan fingerprint density at radius 2 is 1.83 bits per heavy atom. The van der Waals surface area contributed by atoms with Crippen LogP contribution in [-0.4, -0.2) is 36.9 Å². The highest BCUT2D eigenvalue weighted by atomic mass is 32.1. The van der Waals surface area contributed by atoms with E-state index in [9.17, 15) is 9.59 Å². The van der Waals surface area contributed by atoms with Gasteiger partial charge in [-0.05, 0) is 24.3 Å². The molecule has 0 unspecified atom stereocenters. The van der Waals surface area contributed by atoms with E-state index in [1.54, 1.807) is 24.3 Å². The first-order chi connectivity index (χ1) is 11.5. The van der Waals surface area contributed by atoms with Crippen molar-refractivity contribution in [2.75, 3.05) is 47.7 Å². The third-order valence-corrected chi connectivity index (χ3v) is 4.33. The van der Waals surface area contributed by atoms with Crippen molar-refractivity contribution in [3.05, 3.63) is 33.9 Å². The minimum absolute atomic E-state index is 0.132. The minimum atomic E-state index is -0.181. The Hall–Kier alpha value is -2.52. The van der Waals surface area contributed by atoms with Crippen molar-refractivity contribution in [1.82, 2.24) is 4.68 Å². The van der Waals surface area contributed by atoms with E-state index < -0.39 is 0 Å². The third-order valence-electron chi connectivity index (χ3n) is 3.57. The Labute approximate surface area is 142 Å². The van der Waals surface area contributed by atoms with Crippen molar-refractivity contribution < 1.29 is 9.53 Å². The lowest BCUT2D eigenvalue weighted by Crippen LogP contribution is -2.39. The highest BCUT2D eigenvalue weighted by Crippen LogP contribution is 2.27. The SMILES string of the molecule is CC(=O)Nc1ccc(Nn2c(N3CCOCC3)c(N)sc2=O)cc1. The molecule has 1 aliphatic heterocycles. The number of aromatic nitrogens is 1. The predicted molar refractivity (Wildman–Crippen MR) is 95.8 cm³/mol. The number of morpholine rings is 1. The smallest absolute Gasteiger partial charge is 0.329 e. The van der Waals surface area contributed by atoms with Gasteiger partial charge in [-0.15, -0.1) is 0 Å². The standard InChI is InChI=1S/C15H19N5O3S/c1-10(21)17-11-2-4-12(5-3-11)18-20-14(13(16)24-15(20)22)19-6-8-23-9-7-19/h2-5,18H,6-9,16H2,1H3,(H,17,21). The normalized spacial score (nSPS) is 14.5. The number of nitrogens with one attached hydrogen (secondary N) is 2. The molecule has 1 saturated heterocycles. The first-order valence-corrected chi connectivity index (χ1v) is 8.35. The number of rotatable bonds is 4. The van der Waals surface area contributed by atoms with E-state index >= 15 is 0 Å². The number of ether oxygens (including phenoxy) is 1. The molecule has 1 aliphatic rings. The molecule has 0 spiro atoms. The summed E-state index contributed by atoms with van der Waals surface area (Å²) in [6.07, 6.45) is 0. The summed E-state index contributed by atoms with van der Waals surface area (Å²) in [7, 11) is 0. The molecule has 1 fully saturated rings. The van der Waals surface area contributed by atoms with Gasteiger partial charge in [0, 0.05) is 25.7 Å². The maximum Gasteiger partial charge on any atom is 0.329 e. The first kappa shape index (κ1) is 16.3. The number of thiazole rings is 1. The van der Waals surface area contributed by atoms with E-state index in [1.807, 2.05) is 4.90 Å². The average molecular weight is 349 g/mol. The Morgan fingerprint density at radius 1 is 1.21 bits per heavy atom. The fourth-order valence-corrected chi connectivity index (χ4v) is 3.24. The molecule has 2 aromatic rings. The number of nitrogens with two attached hydrogens (primary N) is 1. The zero-order chi connectivity index (χ0) is 17.1. The molecule has 1 aromatic heterocycles. The first-order valence-electron chi connectivity index (χ1n) is 7.53. The van der Waals surface area contributed by atoms with Crippen molar-refractivity contribution in [1.29, 1.82) is 0 Å². The van der Waals surface area contributed by atoms with Gasteiger partial charge in [-0.2, -0.15) is 4.68 Å². The molecule has 3 rings (SSSR count). The van der Waals surface area contributed by atoms with Crippen molar-refractivity contribution in [3.63, 3.8) is 0 Å². The molecule has 0 saturated carbocycles. The zero-order valence-electron chi connectivity index (χ0n) is 13.2. The van der Waals surface area contributed by atoms with Gasteiger partial charge in [0.1, 0.15) is 5.00 Å². The lowest BCUT2D eigenvalue weighted by molar-refractivity contribution is -0.114. The number of anilines is 4. The second-order valence-electron chi connectivity index (χ2n) is 5.36. The monoisotopic (exact) mass is 349 g/mol. The summed E-state index contributed by atoms with van der Waals surface area (Å²) < 4.78 is 6.81. The molecule has 8 nitrogen and oxygen atoms in total. The molecule has 1 aromatic carbocycles. The Balaban J connectivity index is 1.84. The third kappa shape index (κ3) is 3.52. The molecule has 1 amide bonds. The fraction of sp³-hybridized carbons (Fsp3) is 0.333. The Kier molecular flexibility index (Phi) is 4.72. The van der Waals surface area contributed by atoms with E-state index in [2.05, 4.69) is 10.7 Å². The van der Waals surface area contributed by atoms with Crippen LogP contribution in [0.15, 0.2) is 29.1 Å². The van der Waals surface area contributed by atoms with Gasteiger partial charge in [0.25, 0.3) is 0 Å². The van der Waals surface area contributed by atoms with E-state index in [1.165, 1.54) is 11.6 Å². The second kappa shape index (κ2) is 6.93. The summed E-state index contributed by atoms with van der Waals surface area (Å²) in [6, 6.07) is 7.10. The molecule has 128 valence electrons. The molecular weight excluding hydrogens is 330 g/mol. The van der Waals surface area contributed by atoms with Crippen LogP contribution in [0.4, 0.5) is 22.2 Å². The number of hydrogen-bond acceptors (Lipinski definition) is 7. The van der Waals surface area contributed by atoms with Gasteiger partial charge < -0.3 is 20.7 Å². The van der Waals surface area contributed by atoms with Crippen molar-refractivity contribution in [2.24, 2.45) is 0 Å². The summed E-state index contributed by atoms with van der Waals surface area (Å²) in [5.74, 6) is 0.534. The fourth-order valence-electron chi connectivity index (χ4n) is 2.51. The van der Waals surface area contributed by atoms with Gasteiger partial charge in [-0.3, -0.25) is 15.0 Å². The highest BCUT2D eigenvalue weighted by Gasteiger charge is 2.21. The van der Waals surface area contributed by atoms with Crippen LogP contribution in [0.25, 0.3) is 0 Å². The Bertz CT molecular complexity index is 777. The summed E-state index contributed by atoms with van der Waals surface area (Å²) in [4.78, 5) is 25.2. The molecule has 24 heavy (non-hydrogen) atoms. The van der Waals surface area contributed by atoms with Crippen LogP contribution in [0, 0.1) is 0 Å². The number of hydrogen-bond donors (Lipinski definition) is 3. The van der Waals surface area contributed by atoms with Crippen molar-refractivity contribution in [2.45, 2.75) is 6.92 Å². The number of nitrogen functional groups attached to an aromatic ring is 1. The lowest BCUT2D eigenvalue weighted by atomic mass is 10.3. The largest absolute Gasteiger partial charge is 0.387 e. The van der Waals surface area contributed by atoms with Gasteiger partial charge in [-0.25, -0.2) is 0 Å². The maximum absolute atomic E-state index is 12.2. The molecule has 0 radical (unpaired) electrons. The van der Waals surface area contributed by atoms with E-state index in [-0.39, 0.29) is 10.8 Å². The predicted octanol–water partition coefficient (Wildman–Crippen LogP) is 1.16. The summed E-state index contributed by atoms with van der Waals surface area (Å²) in [5.41, 5.74) is 10.5. The summed E-state index contributed by atoms with van der Waals surface area (Å²) >= 11 is 1.00. The van der Waals surface area contributed by atoms with Gasteiger partial charge in [0.05, 0.1) is 18.9 Å². The maximum atomic E-state index is 12.2.